The lowest BCUT2D eigenvalue weighted by molar-refractivity contribution is -0.148. The van der Waals surface area contributed by atoms with Crippen LogP contribution in [0.4, 0.5) is 0 Å². The van der Waals surface area contributed by atoms with Gasteiger partial charge in [-0.15, -0.1) is 10.2 Å². The fraction of sp³-hybridized carbons (Fsp3) is 0.412. The maximum absolute atomic E-state index is 12.4. The summed E-state index contributed by atoms with van der Waals surface area (Å²) in [6, 6.07) is 8.49. The molecule has 2 atom stereocenters. The summed E-state index contributed by atoms with van der Waals surface area (Å²) < 4.78 is 10.8. The summed E-state index contributed by atoms with van der Waals surface area (Å²) in [6.07, 6.45) is 0.421. The van der Waals surface area contributed by atoms with Gasteiger partial charge in [-0.25, -0.2) is 4.79 Å². The Labute approximate surface area is 144 Å². The van der Waals surface area contributed by atoms with Crippen LogP contribution in [0.1, 0.15) is 18.7 Å². The molecular weight excluding hydrogens is 326 g/mol. The lowest BCUT2D eigenvalue weighted by Crippen LogP contribution is -2.40. The molecular formula is C17H19N3O5. The average molecular weight is 345 g/mol. The third-order valence-electron chi connectivity index (χ3n) is 4.24. The van der Waals surface area contributed by atoms with Crippen molar-refractivity contribution in [3.63, 3.8) is 0 Å². The molecule has 1 amide bonds. The minimum absolute atomic E-state index is 0.108. The van der Waals surface area contributed by atoms with Crippen molar-refractivity contribution in [2.45, 2.75) is 31.4 Å². The van der Waals surface area contributed by atoms with Gasteiger partial charge in [0.15, 0.2) is 0 Å². The van der Waals surface area contributed by atoms with Gasteiger partial charge in [0.05, 0.1) is 6.10 Å². The van der Waals surface area contributed by atoms with Gasteiger partial charge in [-0.2, -0.15) is 0 Å². The molecule has 0 saturated carbocycles. The zero-order chi connectivity index (χ0) is 17.8. The van der Waals surface area contributed by atoms with Crippen molar-refractivity contribution in [3.8, 4) is 11.5 Å². The number of rotatable bonds is 6. The van der Waals surface area contributed by atoms with E-state index < -0.39 is 12.0 Å². The molecule has 8 nitrogen and oxygen atoms in total. The van der Waals surface area contributed by atoms with Gasteiger partial charge in [0.2, 0.25) is 17.7 Å². The number of carbonyl (C=O) groups is 2. The Hall–Kier alpha value is -2.74. The van der Waals surface area contributed by atoms with Gasteiger partial charge in [-0.05, 0) is 12.1 Å². The topological polar surface area (TPSA) is 106 Å². The fourth-order valence-corrected chi connectivity index (χ4v) is 2.89. The first kappa shape index (κ1) is 17.1. The number of methoxy groups -OCH3 is 1. The molecule has 1 aromatic heterocycles. The average Bonchev–Trinajstić information content (AvgIpc) is 3.27. The van der Waals surface area contributed by atoms with Gasteiger partial charge >= 0.3 is 5.97 Å². The van der Waals surface area contributed by atoms with Gasteiger partial charge in [-0.3, -0.25) is 4.79 Å². The third kappa shape index (κ3) is 3.85. The van der Waals surface area contributed by atoms with Crippen LogP contribution in [-0.2, 0) is 20.7 Å². The Bertz CT molecular complexity index is 746. The van der Waals surface area contributed by atoms with Gasteiger partial charge in [0, 0.05) is 38.5 Å². The number of carboxylic acids is 1. The van der Waals surface area contributed by atoms with E-state index in [1.54, 1.807) is 0 Å². The number of ether oxygens (including phenoxy) is 1. The molecule has 1 N–H and O–H groups in total. The number of hydrogen-bond donors (Lipinski definition) is 1. The molecule has 132 valence electrons. The first-order valence-corrected chi connectivity index (χ1v) is 8.01. The summed E-state index contributed by atoms with van der Waals surface area (Å²) in [6.45, 7) is 0.283. The van der Waals surface area contributed by atoms with Crippen molar-refractivity contribution in [1.29, 1.82) is 0 Å². The number of likely N-dealkylation sites (tertiary alicyclic amines) is 1. The van der Waals surface area contributed by atoms with E-state index in [1.807, 2.05) is 30.3 Å². The van der Waals surface area contributed by atoms with Gasteiger partial charge in [0.1, 0.15) is 6.04 Å². The van der Waals surface area contributed by atoms with Crippen molar-refractivity contribution >= 4 is 11.9 Å². The van der Waals surface area contributed by atoms with Crippen molar-refractivity contribution in [3.05, 3.63) is 36.2 Å². The summed E-state index contributed by atoms with van der Waals surface area (Å²) in [5.74, 6) is -0.530. The Kier molecular flexibility index (Phi) is 5.08. The third-order valence-corrected chi connectivity index (χ3v) is 4.24. The number of aliphatic carboxylic acids is 1. The molecule has 1 aliphatic rings. The summed E-state index contributed by atoms with van der Waals surface area (Å²) in [5.41, 5.74) is 0.806. The number of benzene rings is 1. The highest BCUT2D eigenvalue weighted by molar-refractivity contribution is 5.84. The van der Waals surface area contributed by atoms with Crippen molar-refractivity contribution in [2.75, 3.05) is 13.7 Å². The molecule has 2 aromatic rings. The lowest BCUT2D eigenvalue weighted by Gasteiger charge is -2.20. The van der Waals surface area contributed by atoms with E-state index in [4.69, 9.17) is 9.15 Å². The van der Waals surface area contributed by atoms with E-state index in [2.05, 4.69) is 10.2 Å². The van der Waals surface area contributed by atoms with Crippen LogP contribution in [0.3, 0.4) is 0 Å². The molecule has 1 saturated heterocycles. The number of amides is 1. The van der Waals surface area contributed by atoms with Crippen LogP contribution in [0.5, 0.6) is 0 Å². The normalized spacial score (nSPS) is 20.0. The standard InChI is InChI=1S/C17H19N3O5/c1-24-12-9-13(17(22)23)20(10-12)15(21)8-7-14-18-19-16(25-14)11-5-3-2-4-6-11/h2-6,12-13H,7-10H2,1H3,(H,22,23). The van der Waals surface area contributed by atoms with Crippen LogP contribution in [0.15, 0.2) is 34.7 Å². The number of aryl methyl sites for hydroxylation is 1. The smallest absolute Gasteiger partial charge is 0.326 e. The second kappa shape index (κ2) is 7.43. The second-order valence-electron chi connectivity index (χ2n) is 5.86. The SMILES string of the molecule is COC1CC(C(=O)O)N(C(=O)CCc2nnc(-c3ccccc3)o2)C1. The monoisotopic (exact) mass is 345 g/mol. The van der Waals surface area contributed by atoms with Crippen molar-refractivity contribution < 1.29 is 23.8 Å². The second-order valence-corrected chi connectivity index (χ2v) is 5.86. The Balaban J connectivity index is 1.61. The summed E-state index contributed by atoms with van der Waals surface area (Å²) in [7, 11) is 1.51. The molecule has 0 spiro atoms. The zero-order valence-electron chi connectivity index (χ0n) is 13.8. The van der Waals surface area contributed by atoms with Crippen LogP contribution in [0, 0.1) is 0 Å². The van der Waals surface area contributed by atoms with Crippen LogP contribution < -0.4 is 0 Å². The van der Waals surface area contributed by atoms with Crippen LogP contribution in [0.2, 0.25) is 0 Å². The highest BCUT2D eigenvalue weighted by Crippen LogP contribution is 2.22. The summed E-state index contributed by atoms with van der Waals surface area (Å²) in [5, 5.41) is 17.2. The predicted octanol–water partition coefficient (Wildman–Crippen LogP) is 1.37. The quantitative estimate of drug-likeness (QED) is 0.843. The molecule has 0 bridgehead atoms. The number of hydrogen-bond acceptors (Lipinski definition) is 6. The molecule has 2 heterocycles. The van der Waals surface area contributed by atoms with E-state index >= 15 is 0 Å². The predicted molar refractivity (Wildman–Crippen MR) is 86.6 cm³/mol. The molecule has 1 fully saturated rings. The molecule has 0 aliphatic carbocycles. The summed E-state index contributed by atoms with van der Waals surface area (Å²) >= 11 is 0. The van der Waals surface area contributed by atoms with Gasteiger partial charge in [0.25, 0.3) is 0 Å². The first-order chi connectivity index (χ1) is 12.1. The molecule has 3 rings (SSSR count). The minimum Gasteiger partial charge on any atom is -0.480 e. The highest BCUT2D eigenvalue weighted by atomic mass is 16.5. The van der Waals surface area contributed by atoms with Crippen molar-refractivity contribution in [1.82, 2.24) is 15.1 Å². The molecule has 1 aliphatic heterocycles. The van der Waals surface area contributed by atoms with E-state index in [-0.39, 0.29) is 31.4 Å². The molecule has 1 aromatic carbocycles. The van der Waals surface area contributed by atoms with Crippen LogP contribution in [0.25, 0.3) is 11.5 Å². The Morgan fingerprint density at radius 3 is 2.76 bits per heavy atom. The largest absolute Gasteiger partial charge is 0.480 e. The van der Waals surface area contributed by atoms with E-state index in [0.29, 0.717) is 18.2 Å². The number of aromatic nitrogens is 2. The Morgan fingerprint density at radius 1 is 1.32 bits per heavy atom. The molecule has 0 radical (unpaired) electrons. The minimum atomic E-state index is -1.02. The summed E-state index contributed by atoms with van der Waals surface area (Å²) in [4.78, 5) is 25.1. The lowest BCUT2D eigenvalue weighted by atomic mass is 10.2. The van der Waals surface area contributed by atoms with Gasteiger partial charge in [-0.1, -0.05) is 18.2 Å². The number of carbonyl (C=O) groups excluding carboxylic acids is 1. The van der Waals surface area contributed by atoms with Gasteiger partial charge < -0.3 is 19.2 Å². The maximum atomic E-state index is 12.4. The van der Waals surface area contributed by atoms with Crippen molar-refractivity contribution in [2.24, 2.45) is 0 Å². The van der Waals surface area contributed by atoms with Crippen LogP contribution in [-0.4, -0.2) is 57.9 Å². The maximum Gasteiger partial charge on any atom is 0.326 e. The fourth-order valence-electron chi connectivity index (χ4n) is 2.89. The highest BCUT2D eigenvalue weighted by Gasteiger charge is 2.39. The first-order valence-electron chi connectivity index (χ1n) is 8.01. The molecule has 25 heavy (non-hydrogen) atoms. The Morgan fingerprint density at radius 2 is 2.08 bits per heavy atom. The number of carboxylic acid groups (broad SMARTS) is 1. The van der Waals surface area contributed by atoms with E-state index in [1.165, 1.54) is 12.0 Å². The zero-order valence-corrected chi connectivity index (χ0v) is 13.8. The van der Waals surface area contributed by atoms with Crippen LogP contribution >= 0.6 is 0 Å². The van der Waals surface area contributed by atoms with E-state index in [0.717, 1.165) is 5.56 Å². The molecule has 2 unspecified atom stereocenters. The number of nitrogens with zero attached hydrogens (tertiary/aromatic N) is 3. The van der Waals surface area contributed by atoms with E-state index in [9.17, 15) is 14.7 Å². The molecule has 8 heteroatoms.